The van der Waals surface area contributed by atoms with Gasteiger partial charge >= 0.3 is 0 Å². The van der Waals surface area contributed by atoms with Crippen LogP contribution in [0.25, 0.3) is 11.3 Å². The van der Waals surface area contributed by atoms with Crippen LogP contribution in [-0.4, -0.2) is 6.61 Å². The van der Waals surface area contributed by atoms with Crippen LogP contribution in [0.4, 0.5) is 4.39 Å². The van der Waals surface area contributed by atoms with E-state index in [0.717, 1.165) is 0 Å². The SMILES string of the molecule is CCOc1ccc(-c2ccco2)cc1F. The first-order valence-electron chi connectivity index (χ1n) is 4.77. The number of hydrogen-bond acceptors (Lipinski definition) is 2. The molecule has 0 amide bonds. The molecule has 0 atom stereocenters. The maximum atomic E-state index is 13.5. The third-order valence-corrected chi connectivity index (χ3v) is 2.04. The Kier molecular flexibility index (Phi) is 2.72. The molecule has 0 saturated heterocycles. The minimum absolute atomic E-state index is 0.271. The van der Waals surface area contributed by atoms with E-state index in [2.05, 4.69) is 0 Å². The molecular formula is C12H11FO2. The highest BCUT2D eigenvalue weighted by Gasteiger charge is 2.06. The smallest absolute Gasteiger partial charge is 0.165 e. The summed E-state index contributed by atoms with van der Waals surface area (Å²) in [6, 6.07) is 8.34. The molecular weight excluding hydrogens is 195 g/mol. The third-order valence-electron chi connectivity index (χ3n) is 2.04. The second-order valence-corrected chi connectivity index (χ2v) is 3.06. The summed E-state index contributed by atoms with van der Waals surface area (Å²) in [6.45, 7) is 2.27. The molecule has 0 spiro atoms. The van der Waals surface area contributed by atoms with Crippen LogP contribution in [0.15, 0.2) is 41.0 Å². The number of rotatable bonds is 3. The van der Waals surface area contributed by atoms with E-state index in [1.165, 1.54) is 6.07 Å². The van der Waals surface area contributed by atoms with Crippen molar-refractivity contribution in [3.05, 3.63) is 42.4 Å². The quantitative estimate of drug-likeness (QED) is 0.767. The molecule has 0 bridgehead atoms. The van der Waals surface area contributed by atoms with Gasteiger partial charge < -0.3 is 9.15 Å². The molecule has 0 saturated carbocycles. The van der Waals surface area contributed by atoms with Gasteiger partial charge in [0, 0.05) is 5.56 Å². The van der Waals surface area contributed by atoms with Crippen molar-refractivity contribution >= 4 is 0 Å². The number of furan rings is 1. The summed E-state index contributed by atoms with van der Waals surface area (Å²) < 4.78 is 23.7. The molecule has 0 N–H and O–H groups in total. The van der Waals surface area contributed by atoms with Crippen molar-refractivity contribution in [2.24, 2.45) is 0 Å². The molecule has 15 heavy (non-hydrogen) atoms. The summed E-state index contributed by atoms with van der Waals surface area (Å²) in [5.74, 6) is 0.551. The first-order chi connectivity index (χ1) is 7.31. The first-order valence-corrected chi connectivity index (χ1v) is 4.77. The summed E-state index contributed by atoms with van der Waals surface area (Å²) in [5, 5.41) is 0. The van der Waals surface area contributed by atoms with E-state index in [9.17, 15) is 4.39 Å². The van der Waals surface area contributed by atoms with Crippen LogP contribution in [0.5, 0.6) is 5.75 Å². The first kappa shape index (κ1) is 9.77. The van der Waals surface area contributed by atoms with Gasteiger partial charge in [0.15, 0.2) is 11.6 Å². The molecule has 0 unspecified atom stereocenters. The standard InChI is InChI=1S/C12H11FO2/c1-2-14-12-6-5-9(8-10(12)13)11-4-3-7-15-11/h3-8H,2H2,1H3. The van der Waals surface area contributed by atoms with Crippen molar-refractivity contribution in [2.45, 2.75) is 6.92 Å². The monoisotopic (exact) mass is 206 g/mol. The van der Waals surface area contributed by atoms with E-state index in [1.807, 2.05) is 6.92 Å². The molecule has 3 heteroatoms. The molecule has 2 aromatic rings. The fraction of sp³-hybridized carbons (Fsp3) is 0.167. The van der Waals surface area contributed by atoms with Gasteiger partial charge in [0.25, 0.3) is 0 Å². The van der Waals surface area contributed by atoms with Gasteiger partial charge in [0.05, 0.1) is 12.9 Å². The molecule has 2 nitrogen and oxygen atoms in total. The minimum Gasteiger partial charge on any atom is -0.491 e. The molecule has 0 radical (unpaired) electrons. The van der Waals surface area contributed by atoms with Crippen molar-refractivity contribution in [3.8, 4) is 17.1 Å². The van der Waals surface area contributed by atoms with Crippen LogP contribution in [-0.2, 0) is 0 Å². The van der Waals surface area contributed by atoms with E-state index < -0.39 is 0 Å². The van der Waals surface area contributed by atoms with Crippen LogP contribution in [0.1, 0.15) is 6.92 Å². The van der Waals surface area contributed by atoms with E-state index in [-0.39, 0.29) is 11.6 Å². The van der Waals surface area contributed by atoms with Gasteiger partial charge in [0.2, 0.25) is 0 Å². The highest BCUT2D eigenvalue weighted by Crippen LogP contribution is 2.25. The molecule has 1 heterocycles. The van der Waals surface area contributed by atoms with E-state index >= 15 is 0 Å². The summed E-state index contributed by atoms with van der Waals surface area (Å²) in [6.07, 6.45) is 1.56. The maximum absolute atomic E-state index is 13.5. The van der Waals surface area contributed by atoms with E-state index in [4.69, 9.17) is 9.15 Å². The average Bonchev–Trinajstić information content (AvgIpc) is 2.74. The van der Waals surface area contributed by atoms with Crippen LogP contribution in [0.3, 0.4) is 0 Å². The maximum Gasteiger partial charge on any atom is 0.165 e. The normalized spacial score (nSPS) is 10.3. The third kappa shape index (κ3) is 2.01. The topological polar surface area (TPSA) is 22.4 Å². The molecule has 1 aromatic carbocycles. The number of ether oxygens (including phenoxy) is 1. The van der Waals surface area contributed by atoms with E-state index in [1.54, 1.807) is 30.5 Å². The largest absolute Gasteiger partial charge is 0.491 e. The Morgan fingerprint density at radius 3 is 2.80 bits per heavy atom. The van der Waals surface area contributed by atoms with Crippen molar-refractivity contribution in [1.82, 2.24) is 0 Å². The van der Waals surface area contributed by atoms with E-state index in [0.29, 0.717) is 17.9 Å². The number of hydrogen-bond donors (Lipinski definition) is 0. The molecule has 2 rings (SSSR count). The zero-order valence-corrected chi connectivity index (χ0v) is 8.37. The van der Waals surface area contributed by atoms with Gasteiger partial charge in [-0.1, -0.05) is 0 Å². The van der Waals surface area contributed by atoms with Crippen molar-refractivity contribution in [1.29, 1.82) is 0 Å². The van der Waals surface area contributed by atoms with Gasteiger partial charge in [-0.15, -0.1) is 0 Å². The highest BCUT2D eigenvalue weighted by atomic mass is 19.1. The summed E-state index contributed by atoms with van der Waals surface area (Å²) in [4.78, 5) is 0. The lowest BCUT2D eigenvalue weighted by molar-refractivity contribution is 0.321. The van der Waals surface area contributed by atoms with Gasteiger partial charge in [-0.3, -0.25) is 0 Å². The Hall–Kier alpha value is -1.77. The number of benzene rings is 1. The lowest BCUT2D eigenvalue weighted by Gasteiger charge is -2.05. The Bertz CT molecular complexity index is 435. The zero-order chi connectivity index (χ0) is 10.7. The molecule has 0 aliphatic rings. The van der Waals surface area contributed by atoms with Crippen molar-refractivity contribution in [3.63, 3.8) is 0 Å². The average molecular weight is 206 g/mol. The summed E-state index contributed by atoms with van der Waals surface area (Å²) in [7, 11) is 0. The fourth-order valence-corrected chi connectivity index (χ4v) is 1.37. The predicted octanol–water partition coefficient (Wildman–Crippen LogP) is 3.48. The molecule has 0 aliphatic heterocycles. The Morgan fingerprint density at radius 2 is 2.20 bits per heavy atom. The molecule has 1 aromatic heterocycles. The zero-order valence-electron chi connectivity index (χ0n) is 8.37. The Balaban J connectivity index is 2.33. The molecule has 0 fully saturated rings. The van der Waals surface area contributed by atoms with Crippen molar-refractivity contribution in [2.75, 3.05) is 6.61 Å². The van der Waals surface area contributed by atoms with Crippen LogP contribution in [0, 0.1) is 5.82 Å². The van der Waals surface area contributed by atoms with Gasteiger partial charge in [-0.2, -0.15) is 0 Å². The fourth-order valence-electron chi connectivity index (χ4n) is 1.37. The Morgan fingerprint density at radius 1 is 1.33 bits per heavy atom. The summed E-state index contributed by atoms with van der Waals surface area (Å²) >= 11 is 0. The van der Waals surface area contributed by atoms with Crippen molar-refractivity contribution < 1.29 is 13.5 Å². The predicted molar refractivity (Wildman–Crippen MR) is 55.3 cm³/mol. The highest BCUT2D eigenvalue weighted by molar-refractivity contribution is 5.58. The van der Waals surface area contributed by atoms with Crippen LogP contribution in [0.2, 0.25) is 0 Å². The van der Waals surface area contributed by atoms with Crippen LogP contribution >= 0.6 is 0 Å². The second kappa shape index (κ2) is 4.17. The van der Waals surface area contributed by atoms with Gasteiger partial charge in [-0.25, -0.2) is 4.39 Å². The van der Waals surface area contributed by atoms with Gasteiger partial charge in [0.1, 0.15) is 5.76 Å². The van der Waals surface area contributed by atoms with Crippen LogP contribution < -0.4 is 4.74 Å². The Labute approximate surface area is 87.3 Å². The molecule has 0 aliphatic carbocycles. The lowest BCUT2D eigenvalue weighted by Crippen LogP contribution is -1.94. The second-order valence-electron chi connectivity index (χ2n) is 3.06. The lowest BCUT2D eigenvalue weighted by atomic mass is 10.1. The summed E-state index contributed by atoms with van der Waals surface area (Å²) in [5.41, 5.74) is 0.709. The number of halogens is 1. The minimum atomic E-state index is -0.370. The molecule has 78 valence electrons. The van der Waals surface area contributed by atoms with Gasteiger partial charge in [-0.05, 0) is 37.3 Å².